The van der Waals surface area contributed by atoms with Crippen LogP contribution in [0.15, 0.2) is 47.0 Å². The molecule has 0 bridgehead atoms. The van der Waals surface area contributed by atoms with Crippen molar-refractivity contribution in [2.24, 2.45) is 0 Å². The summed E-state index contributed by atoms with van der Waals surface area (Å²) in [5.74, 6) is 0.495. The van der Waals surface area contributed by atoms with Crippen LogP contribution in [0.4, 0.5) is 5.69 Å². The van der Waals surface area contributed by atoms with E-state index in [4.69, 9.17) is 4.52 Å². The van der Waals surface area contributed by atoms with Crippen molar-refractivity contribution in [3.63, 3.8) is 0 Å². The van der Waals surface area contributed by atoms with E-state index in [0.29, 0.717) is 22.6 Å². The number of rotatable bonds is 4. The van der Waals surface area contributed by atoms with E-state index in [0.717, 1.165) is 16.7 Å². The number of non-ortho nitro benzene ring substituents is 1. The molecule has 122 valence electrons. The quantitative estimate of drug-likeness (QED) is 0.578. The number of benzene rings is 2. The lowest BCUT2D eigenvalue weighted by molar-refractivity contribution is -0.384. The summed E-state index contributed by atoms with van der Waals surface area (Å²) in [5.41, 5.74) is 4.33. The molecule has 0 unspecified atom stereocenters. The lowest BCUT2D eigenvalue weighted by Crippen LogP contribution is -1.93. The maximum atomic E-state index is 11.0. The summed E-state index contributed by atoms with van der Waals surface area (Å²) in [6.07, 6.45) is 0. The van der Waals surface area contributed by atoms with Gasteiger partial charge in [0.15, 0.2) is 5.76 Å². The van der Waals surface area contributed by atoms with Crippen molar-refractivity contribution in [3.05, 3.63) is 69.3 Å². The first kappa shape index (κ1) is 15.9. The van der Waals surface area contributed by atoms with Crippen LogP contribution in [-0.2, 0) is 6.61 Å². The molecule has 1 aromatic heterocycles. The topological polar surface area (TPSA) is 89.4 Å². The Labute approximate surface area is 138 Å². The number of nitrogens with zero attached hydrogens (tertiary/aromatic N) is 2. The zero-order valence-corrected chi connectivity index (χ0v) is 13.3. The van der Waals surface area contributed by atoms with Crippen molar-refractivity contribution in [2.45, 2.75) is 20.5 Å². The van der Waals surface area contributed by atoms with Crippen molar-refractivity contribution in [3.8, 4) is 22.6 Å². The van der Waals surface area contributed by atoms with Crippen LogP contribution in [0.1, 0.15) is 16.7 Å². The first-order valence-corrected chi connectivity index (χ1v) is 7.43. The molecule has 0 amide bonds. The van der Waals surface area contributed by atoms with E-state index >= 15 is 0 Å². The molecule has 0 atom stereocenters. The molecule has 6 heteroatoms. The highest BCUT2D eigenvalue weighted by Crippen LogP contribution is 2.36. The van der Waals surface area contributed by atoms with Gasteiger partial charge in [0, 0.05) is 23.3 Å². The standard InChI is InChI=1S/C18H16N2O4/c1-11-5-3-6-12(2)16(11)18-15(10-21)17(19-24-18)13-7-4-8-14(9-13)20(22)23/h3-9,21H,10H2,1-2H3. The molecule has 0 spiro atoms. The summed E-state index contributed by atoms with van der Waals surface area (Å²) in [4.78, 5) is 10.5. The number of hydrogen-bond acceptors (Lipinski definition) is 5. The average molecular weight is 324 g/mol. The lowest BCUT2D eigenvalue weighted by Gasteiger charge is -2.08. The molecule has 0 fully saturated rings. The number of aromatic nitrogens is 1. The number of hydrogen-bond donors (Lipinski definition) is 1. The zero-order valence-electron chi connectivity index (χ0n) is 13.3. The third-order valence-corrected chi connectivity index (χ3v) is 3.98. The second-order valence-corrected chi connectivity index (χ2v) is 5.57. The predicted molar refractivity (Wildman–Crippen MR) is 89.4 cm³/mol. The zero-order chi connectivity index (χ0) is 17.3. The number of aryl methyl sites for hydroxylation is 2. The van der Waals surface area contributed by atoms with Gasteiger partial charge in [-0.25, -0.2) is 0 Å². The van der Waals surface area contributed by atoms with E-state index in [-0.39, 0.29) is 12.3 Å². The maximum absolute atomic E-state index is 11.0. The monoisotopic (exact) mass is 324 g/mol. The van der Waals surface area contributed by atoms with Gasteiger partial charge in [-0.1, -0.05) is 35.5 Å². The van der Waals surface area contributed by atoms with Gasteiger partial charge >= 0.3 is 0 Å². The van der Waals surface area contributed by atoms with Crippen LogP contribution in [0.2, 0.25) is 0 Å². The molecule has 24 heavy (non-hydrogen) atoms. The highest BCUT2D eigenvalue weighted by Gasteiger charge is 2.22. The van der Waals surface area contributed by atoms with Gasteiger partial charge < -0.3 is 9.63 Å². The molecule has 0 aliphatic carbocycles. The average Bonchev–Trinajstić information content (AvgIpc) is 2.98. The first-order chi connectivity index (χ1) is 11.5. The van der Waals surface area contributed by atoms with Gasteiger partial charge in [-0.15, -0.1) is 0 Å². The summed E-state index contributed by atoms with van der Waals surface area (Å²) in [5, 5.41) is 24.9. The molecule has 0 radical (unpaired) electrons. The SMILES string of the molecule is Cc1cccc(C)c1-c1onc(-c2cccc([N+](=O)[O-])c2)c1CO. The fraction of sp³-hybridized carbons (Fsp3) is 0.167. The Hall–Kier alpha value is -2.99. The molecule has 1 N–H and O–H groups in total. The van der Waals surface area contributed by atoms with E-state index in [1.165, 1.54) is 12.1 Å². The van der Waals surface area contributed by atoms with E-state index in [9.17, 15) is 15.2 Å². The fourth-order valence-corrected chi connectivity index (χ4v) is 2.82. The minimum atomic E-state index is -0.464. The Morgan fingerprint density at radius 2 is 1.83 bits per heavy atom. The Bertz CT molecular complexity index is 895. The van der Waals surface area contributed by atoms with Crippen LogP contribution in [0.25, 0.3) is 22.6 Å². The number of aliphatic hydroxyl groups is 1. The largest absolute Gasteiger partial charge is 0.391 e. The van der Waals surface area contributed by atoms with Gasteiger partial charge in [0.2, 0.25) is 0 Å². The molecule has 6 nitrogen and oxygen atoms in total. The Balaban J connectivity index is 2.18. The Morgan fingerprint density at radius 3 is 2.46 bits per heavy atom. The minimum Gasteiger partial charge on any atom is -0.391 e. The fourth-order valence-electron chi connectivity index (χ4n) is 2.82. The van der Waals surface area contributed by atoms with E-state index in [1.54, 1.807) is 12.1 Å². The van der Waals surface area contributed by atoms with E-state index in [2.05, 4.69) is 5.16 Å². The summed E-state index contributed by atoms with van der Waals surface area (Å²) >= 11 is 0. The van der Waals surface area contributed by atoms with Crippen LogP contribution in [0, 0.1) is 24.0 Å². The van der Waals surface area contributed by atoms with Crippen molar-refractivity contribution >= 4 is 5.69 Å². The summed E-state index contributed by atoms with van der Waals surface area (Å²) in [6, 6.07) is 12.0. The Kier molecular flexibility index (Phi) is 4.14. The lowest BCUT2D eigenvalue weighted by atomic mass is 9.96. The minimum absolute atomic E-state index is 0.0342. The second kappa shape index (κ2) is 6.25. The predicted octanol–water partition coefficient (Wildman–Crippen LogP) is 4.03. The highest BCUT2D eigenvalue weighted by molar-refractivity contribution is 5.76. The molecule has 3 rings (SSSR count). The number of nitro groups is 1. The summed E-state index contributed by atoms with van der Waals surface area (Å²) < 4.78 is 5.51. The third kappa shape index (κ3) is 2.68. The maximum Gasteiger partial charge on any atom is 0.270 e. The van der Waals surface area contributed by atoms with E-state index in [1.807, 2.05) is 32.0 Å². The summed E-state index contributed by atoms with van der Waals surface area (Å²) in [6.45, 7) is 3.64. The number of aliphatic hydroxyl groups excluding tert-OH is 1. The van der Waals surface area contributed by atoms with Crippen molar-refractivity contribution in [1.82, 2.24) is 5.16 Å². The van der Waals surface area contributed by atoms with Gasteiger partial charge in [0.05, 0.1) is 17.1 Å². The van der Waals surface area contributed by atoms with Crippen LogP contribution >= 0.6 is 0 Å². The normalized spacial score (nSPS) is 10.8. The smallest absolute Gasteiger partial charge is 0.270 e. The van der Waals surface area contributed by atoms with Crippen LogP contribution in [-0.4, -0.2) is 15.2 Å². The van der Waals surface area contributed by atoms with Gasteiger partial charge in [0.1, 0.15) is 5.69 Å². The molecule has 3 aromatic rings. The molecule has 0 aliphatic heterocycles. The molecular formula is C18H16N2O4. The van der Waals surface area contributed by atoms with Crippen molar-refractivity contribution in [1.29, 1.82) is 0 Å². The molecule has 2 aromatic carbocycles. The van der Waals surface area contributed by atoms with Gasteiger partial charge in [-0.05, 0) is 25.0 Å². The Morgan fingerprint density at radius 1 is 1.17 bits per heavy atom. The molecule has 0 aliphatic rings. The molecule has 1 heterocycles. The highest BCUT2D eigenvalue weighted by atomic mass is 16.6. The second-order valence-electron chi connectivity index (χ2n) is 5.57. The third-order valence-electron chi connectivity index (χ3n) is 3.98. The van der Waals surface area contributed by atoms with Gasteiger partial charge in [0.25, 0.3) is 5.69 Å². The van der Waals surface area contributed by atoms with Gasteiger partial charge in [-0.2, -0.15) is 0 Å². The van der Waals surface area contributed by atoms with Crippen LogP contribution < -0.4 is 0 Å². The van der Waals surface area contributed by atoms with Gasteiger partial charge in [-0.3, -0.25) is 10.1 Å². The molecule has 0 saturated carbocycles. The molecule has 0 saturated heterocycles. The number of nitro benzene ring substituents is 1. The molecular weight excluding hydrogens is 308 g/mol. The summed E-state index contributed by atoms with van der Waals surface area (Å²) in [7, 11) is 0. The first-order valence-electron chi connectivity index (χ1n) is 7.43. The van der Waals surface area contributed by atoms with Crippen molar-refractivity contribution in [2.75, 3.05) is 0 Å². The van der Waals surface area contributed by atoms with Crippen LogP contribution in [0.5, 0.6) is 0 Å². The van der Waals surface area contributed by atoms with Crippen LogP contribution in [0.3, 0.4) is 0 Å². The van der Waals surface area contributed by atoms with E-state index < -0.39 is 4.92 Å². The van der Waals surface area contributed by atoms with Crippen molar-refractivity contribution < 1.29 is 14.6 Å².